The molecule has 0 saturated carbocycles. The summed E-state index contributed by atoms with van der Waals surface area (Å²) in [5.74, 6) is 0.216. The first kappa shape index (κ1) is 21.9. The molecular weight excluding hydrogens is 346 g/mol. The Morgan fingerprint density at radius 2 is 2.07 bits per heavy atom. The molecule has 0 aromatic carbocycles. The van der Waals surface area contributed by atoms with Crippen LogP contribution in [0, 0.1) is 0 Å². The van der Waals surface area contributed by atoms with Gasteiger partial charge in [-0.3, -0.25) is 15.0 Å². The van der Waals surface area contributed by atoms with Gasteiger partial charge in [0.15, 0.2) is 6.29 Å². The Balaban J connectivity index is 1.97. The molecule has 7 heteroatoms. The van der Waals surface area contributed by atoms with E-state index in [1.165, 1.54) is 0 Å². The summed E-state index contributed by atoms with van der Waals surface area (Å²) in [7, 11) is 1.93. The Morgan fingerprint density at radius 3 is 2.67 bits per heavy atom. The molecule has 0 aliphatic carbocycles. The van der Waals surface area contributed by atoms with Crippen LogP contribution in [0.1, 0.15) is 66.5 Å². The number of rotatable bonds is 8. The maximum absolute atomic E-state index is 12.7. The average molecular weight is 382 g/mol. The van der Waals surface area contributed by atoms with Crippen LogP contribution in [-0.4, -0.2) is 54.1 Å². The molecule has 1 aromatic rings. The van der Waals surface area contributed by atoms with Gasteiger partial charge in [-0.25, -0.2) is 0 Å². The molecule has 0 bridgehead atoms. The minimum absolute atomic E-state index is 0.133. The van der Waals surface area contributed by atoms with Crippen molar-refractivity contribution in [2.24, 2.45) is 0 Å². The maximum Gasteiger partial charge on any atom is 0.246 e. The van der Waals surface area contributed by atoms with Gasteiger partial charge in [0.25, 0.3) is 0 Å². The topological polar surface area (TPSA) is 76.8 Å². The van der Waals surface area contributed by atoms with Gasteiger partial charge in [-0.1, -0.05) is 19.0 Å². The average Bonchev–Trinajstić information content (AvgIpc) is 3.09. The van der Waals surface area contributed by atoms with Crippen LogP contribution in [-0.2, 0) is 19.7 Å². The molecule has 1 unspecified atom stereocenters. The Morgan fingerprint density at radius 1 is 1.37 bits per heavy atom. The zero-order valence-electron chi connectivity index (χ0n) is 17.8. The molecule has 1 aliphatic heterocycles. The van der Waals surface area contributed by atoms with Crippen LogP contribution in [0.5, 0.6) is 0 Å². The number of nitrogens with zero attached hydrogens (tertiary/aromatic N) is 2. The minimum atomic E-state index is -0.669. The first-order chi connectivity index (χ1) is 12.5. The number of amides is 1. The van der Waals surface area contributed by atoms with Crippen molar-refractivity contribution >= 4 is 11.8 Å². The van der Waals surface area contributed by atoms with Crippen molar-refractivity contribution in [2.45, 2.75) is 84.1 Å². The Hall–Kier alpha value is -1.44. The third-order valence-electron chi connectivity index (χ3n) is 5.42. The predicted octanol–water partition coefficient (Wildman–Crippen LogP) is 3.55. The zero-order chi connectivity index (χ0) is 20.2. The number of hydrogen-bond acceptors (Lipinski definition) is 6. The first-order valence-electron chi connectivity index (χ1n) is 9.79. The highest BCUT2D eigenvalue weighted by Crippen LogP contribution is 2.27. The molecule has 27 heavy (non-hydrogen) atoms. The molecule has 1 amide bonds. The lowest BCUT2D eigenvalue weighted by atomic mass is 9.90. The van der Waals surface area contributed by atoms with E-state index < -0.39 is 5.54 Å². The zero-order valence-corrected chi connectivity index (χ0v) is 17.8. The van der Waals surface area contributed by atoms with E-state index in [0.29, 0.717) is 12.5 Å². The van der Waals surface area contributed by atoms with Crippen molar-refractivity contribution in [2.75, 3.05) is 25.6 Å². The second-order valence-electron chi connectivity index (χ2n) is 8.79. The highest BCUT2D eigenvalue weighted by atomic mass is 16.7. The van der Waals surface area contributed by atoms with Crippen LogP contribution in [0.15, 0.2) is 10.6 Å². The van der Waals surface area contributed by atoms with Gasteiger partial charge in [0.2, 0.25) is 11.8 Å². The Kier molecular flexibility index (Phi) is 7.05. The maximum atomic E-state index is 12.7. The lowest BCUT2D eigenvalue weighted by molar-refractivity contribution is -0.170. The SMILES string of the molecule is CC(C)N(C)C(C)(C)C(=O)Nc1cc(C(C)(C)COC2CCCCO2)no1. The summed E-state index contributed by atoms with van der Waals surface area (Å²) in [5.41, 5.74) is -0.279. The molecule has 0 spiro atoms. The summed E-state index contributed by atoms with van der Waals surface area (Å²) in [6.07, 6.45) is 3.01. The van der Waals surface area contributed by atoms with E-state index in [9.17, 15) is 4.79 Å². The molecule has 7 nitrogen and oxygen atoms in total. The number of carbonyl (C=O) groups is 1. The first-order valence-corrected chi connectivity index (χ1v) is 9.79. The lowest BCUT2D eigenvalue weighted by Crippen LogP contribution is -2.53. The molecule has 1 atom stereocenters. The minimum Gasteiger partial charge on any atom is -0.353 e. The van der Waals surface area contributed by atoms with Gasteiger partial charge >= 0.3 is 0 Å². The van der Waals surface area contributed by atoms with Gasteiger partial charge < -0.3 is 14.0 Å². The van der Waals surface area contributed by atoms with Crippen molar-refractivity contribution in [3.05, 3.63) is 11.8 Å². The van der Waals surface area contributed by atoms with Gasteiger partial charge in [0.1, 0.15) is 0 Å². The lowest BCUT2D eigenvalue weighted by Gasteiger charge is -2.36. The fourth-order valence-corrected chi connectivity index (χ4v) is 2.94. The number of nitrogens with one attached hydrogen (secondary N) is 1. The predicted molar refractivity (Wildman–Crippen MR) is 105 cm³/mol. The van der Waals surface area contributed by atoms with Gasteiger partial charge in [0.05, 0.1) is 17.8 Å². The van der Waals surface area contributed by atoms with Crippen molar-refractivity contribution < 1.29 is 18.8 Å². The van der Waals surface area contributed by atoms with Crippen LogP contribution in [0.3, 0.4) is 0 Å². The normalized spacial score (nSPS) is 18.9. The molecular formula is C20H35N3O4. The standard InChI is InChI=1S/C20H35N3O4/c1-14(2)23(7)20(5,6)18(24)21-16-12-15(22-27-16)19(3,4)13-26-17-10-8-9-11-25-17/h12,14,17H,8-11,13H2,1-7H3,(H,21,24). The number of hydrogen-bond donors (Lipinski definition) is 1. The molecule has 0 radical (unpaired) electrons. The molecule has 2 rings (SSSR count). The van der Waals surface area contributed by atoms with E-state index in [4.69, 9.17) is 14.0 Å². The van der Waals surface area contributed by atoms with Crippen molar-refractivity contribution in [3.63, 3.8) is 0 Å². The van der Waals surface area contributed by atoms with Gasteiger partial charge in [-0.05, 0) is 54.0 Å². The summed E-state index contributed by atoms with van der Waals surface area (Å²) in [6.45, 7) is 13.2. The van der Waals surface area contributed by atoms with Gasteiger partial charge in [-0.15, -0.1) is 0 Å². The third kappa shape index (κ3) is 5.53. The van der Waals surface area contributed by atoms with E-state index >= 15 is 0 Å². The molecule has 154 valence electrons. The van der Waals surface area contributed by atoms with Crippen molar-refractivity contribution in [3.8, 4) is 0 Å². The van der Waals surface area contributed by atoms with E-state index in [1.807, 2.05) is 39.6 Å². The van der Waals surface area contributed by atoms with E-state index in [2.05, 4.69) is 24.3 Å². The number of ether oxygens (including phenoxy) is 2. The number of carbonyl (C=O) groups excluding carboxylic acids is 1. The fraction of sp³-hybridized carbons (Fsp3) is 0.800. The van der Waals surface area contributed by atoms with Gasteiger partial charge in [-0.2, -0.15) is 0 Å². The number of aromatic nitrogens is 1. The van der Waals surface area contributed by atoms with Crippen LogP contribution >= 0.6 is 0 Å². The molecule has 2 heterocycles. The highest BCUT2D eigenvalue weighted by molar-refractivity contribution is 5.96. The molecule has 1 aliphatic rings. The summed E-state index contributed by atoms with van der Waals surface area (Å²) in [4.78, 5) is 14.7. The quantitative estimate of drug-likeness (QED) is 0.742. The number of anilines is 1. The molecule has 1 fully saturated rings. The summed E-state index contributed by atoms with van der Waals surface area (Å²) < 4.78 is 16.9. The van der Waals surface area contributed by atoms with Crippen molar-refractivity contribution in [1.82, 2.24) is 10.1 Å². The summed E-state index contributed by atoms with van der Waals surface area (Å²) >= 11 is 0. The second-order valence-corrected chi connectivity index (χ2v) is 8.79. The fourth-order valence-electron chi connectivity index (χ4n) is 2.94. The Labute approximate surface area is 162 Å². The summed E-state index contributed by atoms with van der Waals surface area (Å²) in [5, 5.41) is 6.98. The van der Waals surface area contributed by atoms with E-state index in [1.54, 1.807) is 6.07 Å². The number of likely N-dealkylation sites (N-methyl/N-ethyl adjacent to an activating group) is 1. The van der Waals surface area contributed by atoms with Crippen LogP contribution in [0.2, 0.25) is 0 Å². The van der Waals surface area contributed by atoms with Crippen LogP contribution in [0.25, 0.3) is 0 Å². The second kappa shape index (κ2) is 8.71. The summed E-state index contributed by atoms with van der Waals surface area (Å²) in [6, 6.07) is 2.02. The molecule has 1 saturated heterocycles. The van der Waals surface area contributed by atoms with E-state index in [0.717, 1.165) is 31.6 Å². The van der Waals surface area contributed by atoms with Gasteiger partial charge in [0, 0.05) is 24.1 Å². The highest BCUT2D eigenvalue weighted by Gasteiger charge is 2.35. The van der Waals surface area contributed by atoms with Crippen LogP contribution < -0.4 is 5.32 Å². The van der Waals surface area contributed by atoms with Crippen molar-refractivity contribution in [1.29, 1.82) is 0 Å². The third-order valence-corrected chi connectivity index (χ3v) is 5.42. The molecule has 1 aromatic heterocycles. The Bertz CT molecular complexity index is 618. The smallest absolute Gasteiger partial charge is 0.246 e. The van der Waals surface area contributed by atoms with E-state index in [-0.39, 0.29) is 23.7 Å². The monoisotopic (exact) mass is 381 g/mol. The molecule has 1 N–H and O–H groups in total. The largest absolute Gasteiger partial charge is 0.353 e. The van der Waals surface area contributed by atoms with Crippen LogP contribution in [0.4, 0.5) is 5.88 Å².